The summed E-state index contributed by atoms with van der Waals surface area (Å²) in [5.41, 5.74) is 9.82. The van der Waals surface area contributed by atoms with Gasteiger partial charge in [-0.3, -0.25) is 0 Å². The molecular weight excluding hydrogens is 336 g/mol. The molecule has 0 unspecified atom stereocenters. The van der Waals surface area contributed by atoms with Crippen molar-refractivity contribution in [1.29, 1.82) is 0 Å². The highest BCUT2D eigenvalue weighted by molar-refractivity contribution is 5.94. The van der Waals surface area contributed by atoms with Gasteiger partial charge < -0.3 is 0 Å². The first-order valence-electron chi connectivity index (χ1n) is 10.2. The molecule has 0 heteroatoms. The molecule has 2 aliphatic carbocycles. The van der Waals surface area contributed by atoms with Gasteiger partial charge in [0, 0.05) is 0 Å². The molecule has 0 nitrogen and oxygen atoms in total. The van der Waals surface area contributed by atoms with Crippen LogP contribution in [0.15, 0.2) is 84.5 Å². The number of hydrogen-bond donors (Lipinski definition) is 0. The lowest BCUT2D eigenvalue weighted by Gasteiger charge is -2.33. The lowest BCUT2D eigenvalue weighted by Crippen LogP contribution is -2.22. The molecule has 0 aliphatic heterocycles. The third kappa shape index (κ3) is 2.85. The van der Waals surface area contributed by atoms with Crippen LogP contribution in [0.3, 0.4) is 0 Å². The summed E-state index contributed by atoms with van der Waals surface area (Å²) in [5, 5.41) is 2.66. The van der Waals surface area contributed by atoms with Crippen molar-refractivity contribution < 1.29 is 0 Å². The zero-order chi connectivity index (χ0) is 19.3. The number of hydrogen-bond acceptors (Lipinski definition) is 0. The van der Waals surface area contributed by atoms with Crippen LogP contribution in [0.1, 0.15) is 43.4 Å². The summed E-state index contributed by atoms with van der Waals surface area (Å²) >= 11 is 0. The van der Waals surface area contributed by atoms with E-state index in [2.05, 4.69) is 99.7 Å². The third-order valence-corrected chi connectivity index (χ3v) is 6.31. The first kappa shape index (κ1) is 17.3. The molecule has 28 heavy (non-hydrogen) atoms. The Labute approximate surface area is 167 Å². The Morgan fingerprint density at radius 2 is 1.61 bits per heavy atom. The van der Waals surface area contributed by atoms with Gasteiger partial charge in [0.05, 0.1) is 0 Å². The van der Waals surface area contributed by atoms with E-state index in [4.69, 9.17) is 0 Å². The number of fused-ring (bicyclic) bond motifs is 2. The zero-order valence-electron chi connectivity index (χ0n) is 16.9. The molecular formula is C28H26. The third-order valence-electron chi connectivity index (χ3n) is 6.31. The van der Waals surface area contributed by atoms with Crippen LogP contribution < -0.4 is 0 Å². The second-order valence-corrected chi connectivity index (χ2v) is 8.86. The van der Waals surface area contributed by atoms with Crippen LogP contribution in [0.5, 0.6) is 0 Å². The minimum absolute atomic E-state index is 0.176. The summed E-state index contributed by atoms with van der Waals surface area (Å²) in [7, 11) is 0. The number of rotatable bonds is 2. The van der Waals surface area contributed by atoms with E-state index < -0.39 is 0 Å². The van der Waals surface area contributed by atoms with Gasteiger partial charge in [-0.25, -0.2) is 0 Å². The van der Waals surface area contributed by atoms with Gasteiger partial charge in [-0.15, -0.1) is 0 Å². The standard InChI is InChI=1S/C28H26/c1-19-8-10-20(11-9-19)22-12-13-23-18-27-26(17-24(23)16-22)25(14-15-28(27,2)3)21-6-4-5-7-21/h4-6,8-14,16-18H,7,15H2,1-3H3. The smallest absolute Gasteiger partial charge is 0.00624 e. The number of aryl methyl sites for hydroxylation is 1. The maximum absolute atomic E-state index is 2.46. The molecule has 0 aromatic heterocycles. The van der Waals surface area contributed by atoms with Crippen molar-refractivity contribution >= 4 is 16.3 Å². The molecule has 0 saturated heterocycles. The van der Waals surface area contributed by atoms with Crippen molar-refractivity contribution in [2.24, 2.45) is 0 Å². The summed E-state index contributed by atoms with van der Waals surface area (Å²) < 4.78 is 0. The molecule has 0 bridgehead atoms. The van der Waals surface area contributed by atoms with Gasteiger partial charge in [-0.1, -0.05) is 80.1 Å². The maximum Gasteiger partial charge on any atom is -0.00624 e. The second kappa shape index (κ2) is 6.34. The molecule has 0 fully saturated rings. The van der Waals surface area contributed by atoms with Crippen LogP contribution in [-0.4, -0.2) is 0 Å². The highest BCUT2D eigenvalue weighted by Gasteiger charge is 2.29. The van der Waals surface area contributed by atoms with E-state index in [0.29, 0.717) is 0 Å². The van der Waals surface area contributed by atoms with Gasteiger partial charge in [0.25, 0.3) is 0 Å². The second-order valence-electron chi connectivity index (χ2n) is 8.86. The van der Waals surface area contributed by atoms with Crippen molar-refractivity contribution in [2.45, 2.75) is 39.0 Å². The predicted molar refractivity (Wildman–Crippen MR) is 122 cm³/mol. The first-order valence-corrected chi connectivity index (χ1v) is 10.2. The topological polar surface area (TPSA) is 0 Å². The highest BCUT2D eigenvalue weighted by atomic mass is 14.3. The fourth-order valence-electron chi connectivity index (χ4n) is 4.53. The Morgan fingerprint density at radius 1 is 0.821 bits per heavy atom. The summed E-state index contributed by atoms with van der Waals surface area (Å²) in [4.78, 5) is 0. The summed E-state index contributed by atoms with van der Waals surface area (Å²) in [5.74, 6) is 0. The van der Waals surface area contributed by atoms with Crippen LogP contribution in [0.2, 0.25) is 0 Å². The molecule has 5 rings (SSSR count). The fourth-order valence-corrected chi connectivity index (χ4v) is 4.53. The van der Waals surface area contributed by atoms with Gasteiger partial charge in [0.1, 0.15) is 0 Å². The fraction of sp³-hybridized carbons (Fsp3) is 0.214. The van der Waals surface area contributed by atoms with Crippen molar-refractivity contribution in [1.82, 2.24) is 0 Å². The van der Waals surface area contributed by atoms with Crippen LogP contribution in [0.25, 0.3) is 27.5 Å². The first-order chi connectivity index (χ1) is 13.5. The molecule has 0 spiro atoms. The molecule has 3 aromatic carbocycles. The molecule has 2 aliphatic rings. The van der Waals surface area contributed by atoms with E-state index in [1.54, 1.807) is 0 Å². The Kier molecular flexibility index (Phi) is 3.91. The monoisotopic (exact) mass is 362 g/mol. The van der Waals surface area contributed by atoms with E-state index in [9.17, 15) is 0 Å². The molecule has 0 heterocycles. The molecule has 0 amide bonds. The summed E-state index contributed by atoms with van der Waals surface area (Å²) in [6, 6.07) is 20.6. The van der Waals surface area contributed by atoms with Crippen molar-refractivity contribution in [3.05, 3.63) is 101 Å². The minimum Gasteiger partial charge on any atom is -0.0801 e. The minimum atomic E-state index is 0.176. The largest absolute Gasteiger partial charge is 0.0801 e. The molecule has 0 radical (unpaired) electrons. The van der Waals surface area contributed by atoms with Crippen molar-refractivity contribution in [2.75, 3.05) is 0 Å². The molecule has 0 N–H and O–H groups in total. The average Bonchev–Trinajstić information content (AvgIpc) is 3.22. The van der Waals surface area contributed by atoms with Gasteiger partial charge in [-0.2, -0.15) is 0 Å². The van der Waals surface area contributed by atoms with Crippen LogP contribution in [-0.2, 0) is 5.41 Å². The number of benzene rings is 3. The molecule has 0 atom stereocenters. The maximum atomic E-state index is 2.46. The molecule has 0 saturated carbocycles. The lowest BCUT2D eigenvalue weighted by molar-refractivity contribution is 0.528. The quantitative estimate of drug-likeness (QED) is 0.437. The Balaban J connectivity index is 1.68. The van der Waals surface area contributed by atoms with Crippen LogP contribution >= 0.6 is 0 Å². The SMILES string of the molecule is Cc1ccc(-c2ccc3cc4c(cc3c2)C(C2=CC=CC2)=CCC4(C)C)cc1. The predicted octanol–water partition coefficient (Wildman–Crippen LogP) is 7.77. The highest BCUT2D eigenvalue weighted by Crippen LogP contribution is 2.44. The Hall–Kier alpha value is -2.86. The van der Waals surface area contributed by atoms with Gasteiger partial charge in [-0.05, 0) is 87.6 Å². The molecule has 3 aromatic rings. The van der Waals surface area contributed by atoms with E-state index >= 15 is 0 Å². The number of allylic oxidation sites excluding steroid dienone is 6. The van der Waals surface area contributed by atoms with Crippen LogP contribution in [0.4, 0.5) is 0 Å². The molecule has 138 valence electrons. The van der Waals surface area contributed by atoms with E-state index in [0.717, 1.165) is 12.8 Å². The van der Waals surface area contributed by atoms with Crippen LogP contribution in [0, 0.1) is 6.92 Å². The lowest BCUT2D eigenvalue weighted by atomic mass is 9.71. The van der Waals surface area contributed by atoms with Gasteiger partial charge >= 0.3 is 0 Å². The van der Waals surface area contributed by atoms with Crippen molar-refractivity contribution in [3.8, 4) is 11.1 Å². The van der Waals surface area contributed by atoms with E-state index in [1.807, 2.05) is 0 Å². The zero-order valence-corrected chi connectivity index (χ0v) is 16.9. The van der Waals surface area contributed by atoms with E-state index in [-0.39, 0.29) is 5.41 Å². The van der Waals surface area contributed by atoms with Gasteiger partial charge in [0.2, 0.25) is 0 Å². The van der Waals surface area contributed by atoms with Gasteiger partial charge in [0.15, 0.2) is 0 Å². The Morgan fingerprint density at radius 3 is 2.36 bits per heavy atom. The summed E-state index contributed by atoms with van der Waals surface area (Å²) in [6.45, 7) is 6.87. The van der Waals surface area contributed by atoms with Crippen molar-refractivity contribution in [3.63, 3.8) is 0 Å². The van der Waals surface area contributed by atoms with E-state index in [1.165, 1.54) is 49.7 Å². The average molecular weight is 363 g/mol. The Bertz CT molecular complexity index is 1160. The summed E-state index contributed by atoms with van der Waals surface area (Å²) in [6.07, 6.45) is 11.3. The normalized spacial score (nSPS) is 17.4.